The molecule has 0 bridgehead atoms. The standard InChI is InChI=1S/C26H25N3O3/c30-25(15-14-24-28-23-13-7-6-12-22(23)26(31)29-24)27-16-20-10-4-5-11-21(20)18-32-17-19-8-2-1-3-9-19/h1-13H,14-18H2,(H,27,30)(H,28,29,31). The van der Waals surface area contributed by atoms with Gasteiger partial charge in [-0.2, -0.15) is 0 Å². The van der Waals surface area contributed by atoms with Gasteiger partial charge in [0.05, 0.1) is 24.1 Å². The van der Waals surface area contributed by atoms with E-state index >= 15 is 0 Å². The van der Waals surface area contributed by atoms with Crippen LogP contribution in [0.1, 0.15) is 28.9 Å². The Hall–Kier alpha value is -3.77. The highest BCUT2D eigenvalue weighted by Gasteiger charge is 2.08. The van der Waals surface area contributed by atoms with Crippen molar-refractivity contribution in [2.24, 2.45) is 0 Å². The number of aromatic amines is 1. The smallest absolute Gasteiger partial charge is 0.258 e. The number of nitrogens with one attached hydrogen (secondary N) is 2. The van der Waals surface area contributed by atoms with Crippen LogP contribution in [0.5, 0.6) is 0 Å². The number of aromatic nitrogens is 2. The molecule has 1 aromatic heterocycles. The molecule has 0 saturated carbocycles. The van der Waals surface area contributed by atoms with Gasteiger partial charge in [-0.15, -0.1) is 0 Å². The maximum Gasteiger partial charge on any atom is 0.258 e. The van der Waals surface area contributed by atoms with Gasteiger partial charge in [0.15, 0.2) is 0 Å². The molecule has 1 heterocycles. The number of nitrogens with zero attached hydrogens (tertiary/aromatic N) is 1. The van der Waals surface area contributed by atoms with Gasteiger partial charge in [0.2, 0.25) is 5.91 Å². The summed E-state index contributed by atoms with van der Waals surface area (Å²) >= 11 is 0. The number of aryl methyl sites for hydroxylation is 1. The molecule has 6 heteroatoms. The summed E-state index contributed by atoms with van der Waals surface area (Å²) in [5, 5.41) is 3.50. The Balaban J connectivity index is 1.29. The lowest BCUT2D eigenvalue weighted by molar-refractivity contribution is -0.121. The molecule has 0 saturated heterocycles. The van der Waals surface area contributed by atoms with E-state index in [9.17, 15) is 9.59 Å². The molecule has 1 amide bonds. The number of fused-ring (bicyclic) bond motifs is 1. The molecule has 0 spiro atoms. The number of hydrogen-bond donors (Lipinski definition) is 2. The highest BCUT2D eigenvalue weighted by molar-refractivity contribution is 5.78. The first-order valence-electron chi connectivity index (χ1n) is 10.6. The van der Waals surface area contributed by atoms with Gasteiger partial charge in [-0.25, -0.2) is 4.98 Å². The predicted octanol–water partition coefficient (Wildman–Crippen LogP) is 3.89. The van der Waals surface area contributed by atoms with Crippen molar-refractivity contribution in [3.05, 3.63) is 112 Å². The maximum atomic E-state index is 12.4. The third-order valence-corrected chi connectivity index (χ3v) is 5.21. The van der Waals surface area contributed by atoms with Crippen LogP contribution in [0.2, 0.25) is 0 Å². The van der Waals surface area contributed by atoms with E-state index in [2.05, 4.69) is 15.3 Å². The molecule has 0 aliphatic rings. The number of benzene rings is 3. The lowest BCUT2D eigenvalue weighted by atomic mass is 10.1. The summed E-state index contributed by atoms with van der Waals surface area (Å²) in [5.74, 6) is 0.416. The van der Waals surface area contributed by atoms with E-state index in [4.69, 9.17) is 4.74 Å². The minimum absolute atomic E-state index is 0.0965. The van der Waals surface area contributed by atoms with Gasteiger partial charge in [0.25, 0.3) is 5.56 Å². The van der Waals surface area contributed by atoms with Crippen molar-refractivity contribution in [2.75, 3.05) is 0 Å². The average molecular weight is 428 g/mol. The predicted molar refractivity (Wildman–Crippen MR) is 124 cm³/mol. The van der Waals surface area contributed by atoms with Crippen LogP contribution in [-0.4, -0.2) is 15.9 Å². The molecule has 0 aliphatic carbocycles. The van der Waals surface area contributed by atoms with Crippen LogP contribution in [0.3, 0.4) is 0 Å². The SMILES string of the molecule is O=C(CCc1nc2ccccc2c(=O)[nH]1)NCc1ccccc1COCc1ccccc1. The largest absolute Gasteiger partial charge is 0.372 e. The number of ether oxygens (including phenoxy) is 1. The second kappa shape index (κ2) is 10.5. The first kappa shape index (κ1) is 21.5. The topological polar surface area (TPSA) is 84.1 Å². The second-order valence-corrected chi connectivity index (χ2v) is 7.55. The first-order chi connectivity index (χ1) is 15.7. The van der Waals surface area contributed by atoms with E-state index < -0.39 is 0 Å². The van der Waals surface area contributed by atoms with Crippen molar-refractivity contribution in [1.82, 2.24) is 15.3 Å². The van der Waals surface area contributed by atoms with E-state index in [1.807, 2.05) is 60.7 Å². The normalized spacial score (nSPS) is 10.9. The van der Waals surface area contributed by atoms with E-state index in [0.29, 0.717) is 42.9 Å². The Kier molecular flexibility index (Phi) is 7.05. The van der Waals surface area contributed by atoms with Crippen LogP contribution >= 0.6 is 0 Å². The van der Waals surface area contributed by atoms with Crippen LogP contribution in [-0.2, 0) is 35.7 Å². The molecule has 0 radical (unpaired) electrons. The zero-order chi connectivity index (χ0) is 22.2. The first-order valence-corrected chi connectivity index (χ1v) is 10.6. The monoisotopic (exact) mass is 427 g/mol. The molecule has 32 heavy (non-hydrogen) atoms. The summed E-state index contributed by atoms with van der Waals surface area (Å²) in [6.45, 7) is 1.44. The van der Waals surface area contributed by atoms with Crippen molar-refractivity contribution < 1.29 is 9.53 Å². The fraction of sp³-hybridized carbons (Fsp3) is 0.192. The van der Waals surface area contributed by atoms with Crippen LogP contribution in [0, 0.1) is 0 Å². The molecule has 162 valence electrons. The molecule has 0 fully saturated rings. The molecule has 0 unspecified atom stereocenters. The second-order valence-electron chi connectivity index (χ2n) is 7.55. The Bertz CT molecular complexity index is 1250. The molecule has 0 aliphatic heterocycles. The molecular weight excluding hydrogens is 402 g/mol. The summed E-state index contributed by atoms with van der Waals surface area (Å²) in [7, 11) is 0. The Morgan fingerprint density at radius 1 is 0.875 bits per heavy atom. The van der Waals surface area contributed by atoms with E-state index in [0.717, 1.165) is 16.7 Å². The van der Waals surface area contributed by atoms with Crippen LogP contribution in [0.4, 0.5) is 0 Å². The minimum Gasteiger partial charge on any atom is -0.372 e. The van der Waals surface area contributed by atoms with Gasteiger partial charge in [-0.05, 0) is 28.8 Å². The quantitative estimate of drug-likeness (QED) is 0.424. The summed E-state index contributed by atoms with van der Waals surface area (Å²) in [5.41, 5.74) is 3.64. The lowest BCUT2D eigenvalue weighted by Crippen LogP contribution is -2.24. The van der Waals surface area contributed by atoms with Crippen LogP contribution in [0.15, 0.2) is 83.7 Å². The van der Waals surface area contributed by atoms with Crippen molar-refractivity contribution in [3.8, 4) is 0 Å². The van der Waals surface area contributed by atoms with E-state index in [1.165, 1.54) is 0 Å². The molecule has 3 aromatic carbocycles. The van der Waals surface area contributed by atoms with Gasteiger partial charge < -0.3 is 15.0 Å². The zero-order valence-electron chi connectivity index (χ0n) is 17.7. The number of rotatable bonds is 9. The average Bonchev–Trinajstić information content (AvgIpc) is 2.83. The lowest BCUT2D eigenvalue weighted by Gasteiger charge is -2.11. The van der Waals surface area contributed by atoms with Crippen molar-refractivity contribution >= 4 is 16.8 Å². The van der Waals surface area contributed by atoms with Gasteiger partial charge in [-0.1, -0.05) is 66.7 Å². The highest BCUT2D eigenvalue weighted by Crippen LogP contribution is 2.12. The van der Waals surface area contributed by atoms with E-state index in [-0.39, 0.29) is 17.9 Å². The Morgan fingerprint density at radius 3 is 2.44 bits per heavy atom. The number of para-hydroxylation sites is 1. The molecular formula is C26H25N3O3. The third-order valence-electron chi connectivity index (χ3n) is 5.21. The summed E-state index contributed by atoms with van der Waals surface area (Å²) < 4.78 is 5.85. The summed E-state index contributed by atoms with van der Waals surface area (Å²) in [6, 6.07) is 25.1. The van der Waals surface area contributed by atoms with E-state index in [1.54, 1.807) is 18.2 Å². The molecule has 4 aromatic rings. The number of amides is 1. The Labute approximate surface area is 186 Å². The third kappa shape index (κ3) is 5.68. The van der Waals surface area contributed by atoms with Crippen molar-refractivity contribution in [3.63, 3.8) is 0 Å². The fourth-order valence-electron chi connectivity index (χ4n) is 3.49. The molecule has 6 nitrogen and oxygen atoms in total. The van der Waals surface area contributed by atoms with Crippen molar-refractivity contribution in [2.45, 2.75) is 32.6 Å². The Morgan fingerprint density at radius 2 is 1.59 bits per heavy atom. The maximum absolute atomic E-state index is 12.4. The van der Waals surface area contributed by atoms with Gasteiger partial charge in [-0.3, -0.25) is 9.59 Å². The zero-order valence-corrected chi connectivity index (χ0v) is 17.7. The molecule has 0 atom stereocenters. The number of hydrogen-bond acceptors (Lipinski definition) is 4. The highest BCUT2D eigenvalue weighted by atomic mass is 16.5. The summed E-state index contributed by atoms with van der Waals surface area (Å²) in [6.07, 6.45) is 0.613. The van der Waals surface area contributed by atoms with Gasteiger partial charge in [0.1, 0.15) is 5.82 Å². The summed E-state index contributed by atoms with van der Waals surface area (Å²) in [4.78, 5) is 31.8. The fourth-order valence-corrected chi connectivity index (χ4v) is 3.49. The number of carbonyl (C=O) groups is 1. The molecule has 2 N–H and O–H groups in total. The minimum atomic E-state index is -0.185. The van der Waals surface area contributed by atoms with Crippen LogP contribution < -0.4 is 10.9 Å². The number of H-pyrrole nitrogens is 1. The molecule has 4 rings (SSSR count). The van der Waals surface area contributed by atoms with Crippen molar-refractivity contribution in [1.29, 1.82) is 0 Å². The van der Waals surface area contributed by atoms with Crippen LogP contribution in [0.25, 0.3) is 10.9 Å². The number of carbonyl (C=O) groups excluding carboxylic acids is 1. The van der Waals surface area contributed by atoms with Gasteiger partial charge >= 0.3 is 0 Å². The van der Waals surface area contributed by atoms with Gasteiger partial charge in [0, 0.05) is 19.4 Å².